The number of rotatable bonds is 6. The molecular formula is C17H30N2O2. The minimum absolute atomic E-state index is 0.0357. The largest absolute Gasteiger partial charge is 0.340 e. The number of hydrogen-bond acceptors (Lipinski definition) is 2. The van der Waals surface area contributed by atoms with Crippen LogP contribution >= 0.6 is 0 Å². The fraction of sp³-hybridized carbons (Fsp3) is 0.882. The van der Waals surface area contributed by atoms with E-state index in [1.807, 2.05) is 25.7 Å². The first-order valence-electron chi connectivity index (χ1n) is 8.51. The highest BCUT2D eigenvalue weighted by atomic mass is 16.2. The van der Waals surface area contributed by atoms with Crippen molar-refractivity contribution in [1.29, 1.82) is 0 Å². The standard InChI is InChI=1S/C17H30N2O2/c1-6-8-13(7-2)19-14(11(3)4)15(20)18-17(5,16(19)21)12-9-10-12/h11-14H,6-10H2,1-5H3,(H,18,20). The lowest BCUT2D eigenvalue weighted by Crippen LogP contribution is -2.72. The van der Waals surface area contributed by atoms with Gasteiger partial charge in [0.2, 0.25) is 11.8 Å². The average molecular weight is 294 g/mol. The van der Waals surface area contributed by atoms with E-state index in [4.69, 9.17) is 0 Å². The molecule has 0 radical (unpaired) electrons. The van der Waals surface area contributed by atoms with Crippen LogP contribution in [-0.2, 0) is 9.59 Å². The van der Waals surface area contributed by atoms with Crippen molar-refractivity contribution in [3.05, 3.63) is 0 Å². The summed E-state index contributed by atoms with van der Waals surface area (Å²) in [5, 5.41) is 3.06. The van der Waals surface area contributed by atoms with Gasteiger partial charge >= 0.3 is 0 Å². The molecular weight excluding hydrogens is 264 g/mol. The Labute approximate surface area is 128 Å². The third-order valence-corrected chi connectivity index (χ3v) is 5.14. The molecule has 3 unspecified atom stereocenters. The maximum Gasteiger partial charge on any atom is 0.249 e. The fourth-order valence-corrected chi connectivity index (χ4v) is 3.73. The third-order valence-electron chi connectivity index (χ3n) is 5.14. The SMILES string of the molecule is CCCC(CC)N1C(=O)C(C)(C2CC2)NC(=O)C1C(C)C. The molecule has 1 heterocycles. The first-order chi connectivity index (χ1) is 9.86. The lowest BCUT2D eigenvalue weighted by molar-refractivity contribution is -0.160. The second-order valence-electron chi connectivity index (χ2n) is 7.22. The van der Waals surface area contributed by atoms with Gasteiger partial charge in [0.1, 0.15) is 11.6 Å². The Balaban J connectivity index is 2.36. The van der Waals surface area contributed by atoms with Gasteiger partial charge in [0.15, 0.2) is 0 Å². The van der Waals surface area contributed by atoms with Crippen LogP contribution in [0.2, 0.25) is 0 Å². The van der Waals surface area contributed by atoms with Crippen LogP contribution in [0.25, 0.3) is 0 Å². The van der Waals surface area contributed by atoms with Gasteiger partial charge in [-0.05, 0) is 44.4 Å². The molecule has 0 bridgehead atoms. The van der Waals surface area contributed by atoms with E-state index in [0.717, 1.165) is 32.1 Å². The zero-order chi connectivity index (χ0) is 15.8. The van der Waals surface area contributed by atoms with E-state index in [0.29, 0.717) is 5.92 Å². The molecule has 1 saturated carbocycles. The summed E-state index contributed by atoms with van der Waals surface area (Å²) in [6.45, 7) is 10.2. The lowest BCUT2D eigenvalue weighted by Gasteiger charge is -2.49. The number of nitrogens with one attached hydrogen (secondary N) is 1. The molecule has 1 N–H and O–H groups in total. The molecule has 0 aromatic carbocycles. The highest BCUT2D eigenvalue weighted by Crippen LogP contribution is 2.43. The molecule has 0 aromatic rings. The Bertz CT molecular complexity index is 417. The maximum absolute atomic E-state index is 13.2. The molecule has 0 spiro atoms. The second-order valence-corrected chi connectivity index (χ2v) is 7.22. The van der Waals surface area contributed by atoms with Crippen molar-refractivity contribution >= 4 is 11.8 Å². The van der Waals surface area contributed by atoms with Crippen LogP contribution in [0, 0.1) is 11.8 Å². The Hall–Kier alpha value is -1.06. The van der Waals surface area contributed by atoms with Crippen molar-refractivity contribution < 1.29 is 9.59 Å². The number of carbonyl (C=O) groups excluding carboxylic acids is 2. The van der Waals surface area contributed by atoms with E-state index in [1.165, 1.54) is 0 Å². The van der Waals surface area contributed by atoms with Gasteiger partial charge in [-0.3, -0.25) is 9.59 Å². The predicted molar refractivity (Wildman–Crippen MR) is 83.7 cm³/mol. The lowest BCUT2D eigenvalue weighted by atomic mass is 9.84. The topological polar surface area (TPSA) is 49.4 Å². The van der Waals surface area contributed by atoms with Crippen LogP contribution in [-0.4, -0.2) is 34.3 Å². The van der Waals surface area contributed by atoms with E-state index in [9.17, 15) is 9.59 Å². The summed E-state index contributed by atoms with van der Waals surface area (Å²) >= 11 is 0. The molecule has 2 aliphatic rings. The third kappa shape index (κ3) is 2.82. The Morgan fingerprint density at radius 2 is 1.90 bits per heavy atom. The number of piperazine rings is 1. The fourth-order valence-electron chi connectivity index (χ4n) is 3.73. The minimum Gasteiger partial charge on any atom is -0.340 e. The number of amides is 2. The molecule has 4 nitrogen and oxygen atoms in total. The monoisotopic (exact) mass is 294 g/mol. The summed E-state index contributed by atoms with van der Waals surface area (Å²) in [6.07, 6.45) is 5.02. The average Bonchev–Trinajstić information content (AvgIpc) is 3.24. The summed E-state index contributed by atoms with van der Waals surface area (Å²) in [4.78, 5) is 27.8. The highest BCUT2D eigenvalue weighted by molar-refractivity contribution is 6.00. The summed E-state index contributed by atoms with van der Waals surface area (Å²) in [7, 11) is 0. The van der Waals surface area contributed by atoms with Crippen molar-refractivity contribution in [2.45, 2.75) is 84.3 Å². The zero-order valence-electron chi connectivity index (χ0n) is 14.1. The molecule has 3 atom stereocenters. The van der Waals surface area contributed by atoms with Gasteiger partial charge in [-0.15, -0.1) is 0 Å². The van der Waals surface area contributed by atoms with E-state index < -0.39 is 5.54 Å². The quantitative estimate of drug-likeness (QED) is 0.819. The van der Waals surface area contributed by atoms with Crippen molar-refractivity contribution in [3.63, 3.8) is 0 Å². The minimum atomic E-state index is -0.677. The molecule has 1 saturated heterocycles. The molecule has 4 heteroatoms. The highest BCUT2D eigenvalue weighted by Gasteiger charge is 2.56. The van der Waals surface area contributed by atoms with E-state index in [-0.39, 0.29) is 29.8 Å². The molecule has 21 heavy (non-hydrogen) atoms. The van der Waals surface area contributed by atoms with Gasteiger partial charge in [-0.2, -0.15) is 0 Å². The zero-order valence-corrected chi connectivity index (χ0v) is 14.1. The van der Waals surface area contributed by atoms with Crippen molar-refractivity contribution in [3.8, 4) is 0 Å². The molecule has 2 amide bonds. The van der Waals surface area contributed by atoms with E-state index in [1.54, 1.807) is 0 Å². The van der Waals surface area contributed by atoms with Crippen molar-refractivity contribution in [2.75, 3.05) is 0 Å². The predicted octanol–water partition coefficient (Wildman–Crippen LogP) is 2.72. The van der Waals surface area contributed by atoms with Gasteiger partial charge in [-0.1, -0.05) is 34.1 Å². The summed E-state index contributed by atoms with van der Waals surface area (Å²) in [6, 6.07) is -0.139. The molecule has 2 fully saturated rings. The summed E-state index contributed by atoms with van der Waals surface area (Å²) in [5.41, 5.74) is -0.677. The second kappa shape index (κ2) is 5.98. The van der Waals surface area contributed by atoms with Crippen LogP contribution in [0.1, 0.15) is 66.7 Å². The maximum atomic E-state index is 13.2. The Morgan fingerprint density at radius 3 is 2.33 bits per heavy atom. The normalized spacial score (nSPS) is 31.5. The summed E-state index contributed by atoms with van der Waals surface area (Å²) in [5.74, 6) is 0.643. The van der Waals surface area contributed by atoms with Crippen molar-refractivity contribution in [2.24, 2.45) is 11.8 Å². The summed E-state index contributed by atoms with van der Waals surface area (Å²) < 4.78 is 0. The number of nitrogens with zero attached hydrogens (tertiary/aromatic N) is 1. The van der Waals surface area contributed by atoms with Gasteiger partial charge < -0.3 is 10.2 Å². The van der Waals surface area contributed by atoms with Crippen LogP contribution in [0.4, 0.5) is 0 Å². The first kappa shape index (κ1) is 16.3. The van der Waals surface area contributed by atoms with E-state index >= 15 is 0 Å². The van der Waals surface area contributed by atoms with Gasteiger partial charge in [0.25, 0.3) is 0 Å². The number of hydrogen-bond donors (Lipinski definition) is 1. The van der Waals surface area contributed by atoms with Gasteiger partial charge in [0.05, 0.1) is 0 Å². The Kier molecular flexibility index (Phi) is 4.64. The molecule has 1 aliphatic carbocycles. The van der Waals surface area contributed by atoms with Gasteiger partial charge in [0, 0.05) is 6.04 Å². The molecule has 120 valence electrons. The van der Waals surface area contributed by atoms with Crippen LogP contribution in [0.3, 0.4) is 0 Å². The Morgan fingerprint density at radius 1 is 1.29 bits per heavy atom. The van der Waals surface area contributed by atoms with Gasteiger partial charge in [-0.25, -0.2) is 0 Å². The van der Waals surface area contributed by atoms with E-state index in [2.05, 4.69) is 19.2 Å². The molecule has 0 aromatic heterocycles. The molecule has 2 rings (SSSR count). The smallest absolute Gasteiger partial charge is 0.249 e. The first-order valence-corrected chi connectivity index (χ1v) is 8.51. The van der Waals surface area contributed by atoms with Crippen LogP contribution < -0.4 is 5.32 Å². The van der Waals surface area contributed by atoms with Crippen LogP contribution in [0.5, 0.6) is 0 Å². The van der Waals surface area contributed by atoms with Crippen molar-refractivity contribution in [1.82, 2.24) is 10.2 Å². The molecule has 1 aliphatic heterocycles. The number of carbonyl (C=O) groups is 2. The van der Waals surface area contributed by atoms with Crippen LogP contribution in [0.15, 0.2) is 0 Å².